The van der Waals surface area contributed by atoms with Gasteiger partial charge in [-0.05, 0) is 38.9 Å². The lowest BCUT2D eigenvalue weighted by molar-refractivity contribution is 0.333. The number of ether oxygens (including phenoxy) is 1. The summed E-state index contributed by atoms with van der Waals surface area (Å²) >= 11 is 0. The van der Waals surface area contributed by atoms with Crippen LogP contribution in [0, 0.1) is 0 Å². The van der Waals surface area contributed by atoms with Gasteiger partial charge in [-0.2, -0.15) is 0 Å². The number of nitrogens with one attached hydrogen (secondary N) is 1. The molecule has 17 heavy (non-hydrogen) atoms. The zero-order valence-electron chi connectivity index (χ0n) is 10.6. The molecule has 0 radical (unpaired) electrons. The van der Waals surface area contributed by atoms with Gasteiger partial charge >= 0.3 is 0 Å². The topological polar surface area (TPSA) is 37.4 Å². The van der Waals surface area contributed by atoms with Crippen LogP contribution in [0.25, 0.3) is 0 Å². The Kier molecular flexibility index (Phi) is 4.20. The second-order valence-corrected chi connectivity index (χ2v) is 4.42. The Labute approximate surface area is 103 Å². The minimum atomic E-state index is 0.669. The van der Waals surface area contributed by atoms with Gasteiger partial charge in [-0.15, -0.1) is 0 Å². The third-order valence-electron chi connectivity index (χ3n) is 3.00. The molecule has 1 aliphatic rings. The lowest BCUT2D eigenvalue weighted by Gasteiger charge is -2.17. The lowest BCUT2D eigenvalue weighted by atomic mass is 10.4. The highest BCUT2D eigenvalue weighted by atomic mass is 16.5. The van der Waals surface area contributed by atoms with Crippen molar-refractivity contribution in [1.29, 1.82) is 0 Å². The van der Waals surface area contributed by atoms with Crippen LogP contribution in [0.5, 0.6) is 5.75 Å². The number of aromatic nitrogens is 1. The average Bonchev–Trinajstić information content (AvgIpc) is 3.15. The molecule has 94 valence electrons. The van der Waals surface area contributed by atoms with Crippen molar-refractivity contribution in [2.45, 2.75) is 25.8 Å². The molecular formula is C13H21N3O. The molecule has 1 aromatic rings. The van der Waals surface area contributed by atoms with Gasteiger partial charge in [0.2, 0.25) is 0 Å². The highest BCUT2D eigenvalue weighted by Crippen LogP contribution is 2.25. The first-order chi connectivity index (χ1) is 8.31. The molecule has 2 rings (SSSR count). The molecule has 4 nitrogen and oxygen atoms in total. The summed E-state index contributed by atoms with van der Waals surface area (Å²) in [4.78, 5) is 6.70. The second-order valence-electron chi connectivity index (χ2n) is 4.42. The van der Waals surface area contributed by atoms with Crippen LogP contribution in [0.4, 0.5) is 5.82 Å². The summed E-state index contributed by atoms with van der Waals surface area (Å²) in [5, 5.41) is 3.33. The number of nitrogens with zero attached hydrogens (tertiary/aromatic N) is 2. The van der Waals surface area contributed by atoms with E-state index in [9.17, 15) is 0 Å². The Morgan fingerprint density at radius 1 is 1.53 bits per heavy atom. The minimum Gasteiger partial charge on any atom is -0.490 e. The SMILES string of the molecule is CCOc1cccnc1NCCN(C)C1CC1. The summed E-state index contributed by atoms with van der Waals surface area (Å²) < 4.78 is 5.52. The zero-order chi connectivity index (χ0) is 12.1. The number of hydrogen-bond acceptors (Lipinski definition) is 4. The molecule has 1 N–H and O–H groups in total. The molecule has 1 heterocycles. The molecule has 0 aromatic carbocycles. The monoisotopic (exact) mass is 235 g/mol. The van der Waals surface area contributed by atoms with Crippen molar-refractivity contribution in [3.05, 3.63) is 18.3 Å². The van der Waals surface area contributed by atoms with Crippen LogP contribution >= 0.6 is 0 Å². The largest absolute Gasteiger partial charge is 0.490 e. The van der Waals surface area contributed by atoms with Crippen molar-refractivity contribution in [1.82, 2.24) is 9.88 Å². The Balaban J connectivity index is 1.80. The summed E-state index contributed by atoms with van der Waals surface area (Å²) in [6.07, 6.45) is 4.49. The molecule has 1 saturated carbocycles. The van der Waals surface area contributed by atoms with Crippen LogP contribution in [0.3, 0.4) is 0 Å². The summed E-state index contributed by atoms with van der Waals surface area (Å²) in [6, 6.07) is 4.66. The van der Waals surface area contributed by atoms with E-state index in [0.29, 0.717) is 6.61 Å². The molecule has 0 atom stereocenters. The number of anilines is 1. The lowest BCUT2D eigenvalue weighted by Crippen LogP contribution is -2.27. The van der Waals surface area contributed by atoms with Crippen LogP contribution < -0.4 is 10.1 Å². The normalized spacial score (nSPS) is 15.0. The Hall–Kier alpha value is -1.29. The number of hydrogen-bond donors (Lipinski definition) is 1. The van der Waals surface area contributed by atoms with E-state index in [4.69, 9.17) is 4.74 Å². The fraction of sp³-hybridized carbons (Fsp3) is 0.615. The molecular weight excluding hydrogens is 214 g/mol. The second kappa shape index (κ2) is 5.87. The van der Waals surface area contributed by atoms with Gasteiger partial charge in [0.05, 0.1) is 6.61 Å². The van der Waals surface area contributed by atoms with E-state index in [1.807, 2.05) is 19.1 Å². The van der Waals surface area contributed by atoms with Gasteiger partial charge in [-0.25, -0.2) is 4.98 Å². The van der Waals surface area contributed by atoms with Gasteiger partial charge in [0.1, 0.15) is 0 Å². The van der Waals surface area contributed by atoms with E-state index in [1.54, 1.807) is 6.20 Å². The smallest absolute Gasteiger partial charge is 0.168 e. The van der Waals surface area contributed by atoms with Crippen LogP contribution in [0.1, 0.15) is 19.8 Å². The van der Waals surface area contributed by atoms with Crippen molar-refractivity contribution < 1.29 is 4.74 Å². The van der Waals surface area contributed by atoms with E-state index in [0.717, 1.165) is 30.7 Å². The van der Waals surface area contributed by atoms with Crippen molar-refractivity contribution in [2.75, 3.05) is 32.1 Å². The van der Waals surface area contributed by atoms with Crippen LogP contribution in [0.2, 0.25) is 0 Å². The first-order valence-corrected chi connectivity index (χ1v) is 6.33. The zero-order valence-corrected chi connectivity index (χ0v) is 10.6. The summed E-state index contributed by atoms with van der Waals surface area (Å²) in [6.45, 7) is 4.61. The predicted octanol–water partition coefficient (Wildman–Crippen LogP) is 1.99. The van der Waals surface area contributed by atoms with Gasteiger partial charge in [-0.3, -0.25) is 0 Å². The predicted molar refractivity (Wildman–Crippen MR) is 69.5 cm³/mol. The third kappa shape index (κ3) is 3.60. The van der Waals surface area contributed by atoms with Gasteiger partial charge in [0.25, 0.3) is 0 Å². The molecule has 0 aliphatic heterocycles. The van der Waals surface area contributed by atoms with Gasteiger partial charge in [0.15, 0.2) is 11.6 Å². The van der Waals surface area contributed by atoms with Crippen molar-refractivity contribution in [3.8, 4) is 5.75 Å². The van der Waals surface area contributed by atoms with Crippen LogP contribution in [-0.2, 0) is 0 Å². The van der Waals surface area contributed by atoms with E-state index in [1.165, 1.54) is 12.8 Å². The van der Waals surface area contributed by atoms with Crippen molar-refractivity contribution >= 4 is 5.82 Å². The Morgan fingerprint density at radius 3 is 3.06 bits per heavy atom. The first kappa shape index (κ1) is 12.2. The maximum Gasteiger partial charge on any atom is 0.168 e. The minimum absolute atomic E-state index is 0.669. The molecule has 1 fully saturated rings. The fourth-order valence-electron chi connectivity index (χ4n) is 1.84. The Bertz CT molecular complexity index is 352. The van der Waals surface area contributed by atoms with E-state index in [2.05, 4.69) is 22.2 Å². The van der Waals surface area contributed by atoms with Gasteiger partial charge in [-0.1, -0.05) is 0 Å². The van der Waals surface area contributed by atoms with Crippen LogP contribution in [0.15, 0.2) is 18.3 Å². The summed E-state index contributed by atoms with van der Waals surface area (Å²) in [5.41, 5.74) is 0. The standard InChI is InChI=1S/C13H21N3O/c1-3-17-12-5-4-8-14-13(12)15-9-10-16(2)11-6-7-11/h4-5,8,11H,3,6-7,9-10H2,1-2H3,(H,14,15). The molecule has 0 spiro atoms. The van der Waals surface area contributed by atoms with Gasteiger partial charge in [0, 0.05) is 25.3 Å². The maximum atomic E-state index is 5.52. The Morgan fingerprint density at radius 2 is 2.35 bits per heavy atom. The molecule has 1 aliphatic carbocycles. The highest BCUT2D eigenvalue weighted by molar-refractivity contribution is 5.49. The summed E-state index contributed by atoms with van der Waals surface area (Å²) in [7, 11) is 2.18. The molecule has 0 saturated heterocycles. The molecule has 0 amide bonds. The van der Waals surface area contributed by atoms with Crippen molar-refractivity contribution in [2.24, 2.45) is 0 Å². The highest BCUT2D eigenvalue weighted by Gasteiger charge is 2.25. The van der Waals surface area contributed by atoms with E-state index >= 15 is 0 Å². The maximum absolute atomic E-state index is 5.52. The van der Waals surface area contributed by atoms with Gasteiger partial charge < -0.3 is 15.0 Å². The van der Waals surface area contributed by atoms with Crippen LogP contribution in [-0.4, -0.2) is 42.7 Å². The summed E-state index contributed by atoms with van der Waals surface area (Å²) in [5.74, 6) is 1.68. The van der Waals surface area contributed by atoms with E-state index in [-0.39, 0.29) is 0 Å². The molecule has 0 unspecified atom stereocenters. The molecule has 4 heteroatoms. The number of pyridine rings is 1. The van der Waals surface area contributed by atoms with E-state index < -0.39 is 0 Å². The average molecular weight is 235 g/mol. The molecule has 1 aromatic heterocycles. The number of rotatable bonds is 7. The van der Waals surface area contributed by atoms with Crippen molar-refractivity contribution in [3.63, 3.8) is 0 Å². The third-order valence-corrected chi connectivity index (χ3v) is 3.00. The molecule has 0 bridgehead atoms. The fourth-order valence-corrected chi connectivity index (χ4v) is 1.84. The number of likely N-dealkylation sites (N-methyl/N-ethyl adjacent to an activating group) is 1. The quantitative estimate of drug-likeness (QED) is 0.784. The first-order valence-electron chi connectivity index (χ1n) is 6.33.